The van der Waals surface area contributed by atoms with E-state index in [1.165, 1.54) is 0 Å². The van der Waals surface area contributed by atoms with Crippen LogP contribution in [0.5, 0.6) is 5.75 Å². The van der Waals surface area contributed by atoms with Crippen LogP contribution in [0.1, 0.15) is 12.7 Å². The molecule has 0 N–H and O–H groups in total. The highest BCUT2D eigenvalue weighted by Gasteiger charge is 2.15. The van der Waals surface area contributed by atoms with Gasteiger partial charge in [0.15, 0.2) is 11.5 Å². The molecule has 0 aliphatic rings. The Morgan fingerprint density at radius 3 is 2.48 bits per heavy atom. The van der Waals surface area contributed by atoms with E-state index in [-0.39, 0.29) is 0 Å². The first-order valence-corrected chi connectivity index (χ1v) is 9.32. The van der Waals surface area contributed by atoms with Crippen LogP contribution in [-0.2, 0) is 5.75 Å². The fourth-order valence-corrected chi connectivity index (χ4v) is 3.44. The molecule has 0 amide bonds. The van der Waals surface area contributed by atoms with Gasteiger partial charge < -0.3 is 4.74 Å². The first kappa shape index (κ1) is 15.9. The van der Waals surface area contributed by atoms with Crippen molar-refractivity contribution in [1.82, 2.24) is 19.8 Å². The van der Waals surface area contributed by atoms with Crippen LogP contribution in [0.3, 0.4) is 0 Å². The van der Waals surface area contributed by atoms with Gasteiger partial charge in [0.2, 0.25) is 0 Å². The molecule has 2 aromatic carbocycles. The number of ether oxygens (including phenoxy) is 1. The summed E-state index contributed by atoms with van der Waals surface area (Å²) in [4.78, 5) is 0. The van der Waals surface area contributed by atoms with E-state index in [0.29, 0.717) is 0 Å². The molecule has 5 nitrogen and oxygen atoms in total. The molecule has 0 bridgehead atoms. The molecule has 0 aliphatic heterocycles. The Bertz CT molecular complexity index is 1030. The molecule has 2 aromatic heterocycles. The van der Waals surface area contributed by atoms with Crippen LogP contribution in [0.4, 0.5) is 0 Å². The number of rotatable bonds is 5. The molecule has 25 heavy (non-hydrogen) atoms. The maximum atomic E-state index is 5.27. The van der Waals surface area contributed by atoms with Gasteiger partial charge in [-0.25, -0.2) is 0 Å². The second-order valence-electron chi connectivity index (χ2n) is 5.61. The Labute approximate surface area is 150 Å². The molecule has 0 aliphatic carbocycles. The summed E-state index contributed by atoms with van der Waals surface area (Å²) in [7, 11) is 1.67. The highest BCUT2D eigenvalue weighted by Crippen LogP contribution is 2.30. The summed E-state index contributed by atoms with van der Waals surface area (Å²) < 4.78 is 7.14. The summed E-state index contributed by atoms with van der Waals surface area (Å²) in [5.41, 5.74) is 2.77. The molecule has 0 atom stereocenters. The molecule has 0 saturated heterocycles. The summed E-state index contributed by atoms with van der Waals surface area (Å²) in [6.45, 7) is 2.14. The third-order valence-electron chi connectivity index (χ3n) is 4.13. The van der Waals surface area contributed by atoms with E-state index in [4.69, 9.17) is 9.84 Å². The third-order valence-corrected chi connectivity index (χ3v) is 5.00. The number of thioether (sulfide) groups is 1. The largest absolute Gasteiger partial charge is 0.497 e. The Balaban J connectivity index is 1.96. The molecule has 6 heteroatoms. The average Bonchev–Trinajstić information content (AvgIpc) is 3.09. The van der Waals surface area contributed by atoms with E-state index in [1.807, 2.05) is 52.7 Å². The number of methoxy groups -OCH3 is 1. The van der Waals surface area contributed by atoms with Crippen molar-refractivity contribution in [2.24, 2.45) is 0 Å². The number of nitrogens with zero attached hydrogens (tertiary/aromatic N) is 4. The van der Waals surface area contributed by atoms with Gasteiger partial charge in [0, 0.05) is 16.3 Å². The van der Waals surface area contributed by atoms with Gasteiger partial charge in [-0.2, -0.15) is 21.4 Å². The Morgan fingerprint density at radius 2 is 1.76 bits per heavy atom. The molecule has 0 saturated carbocycles. The van der Waals surface area contributed by atoms with E-state index in [0.717, 1.165) is 50.8 Å². The lowest BCUT2D eigenvalue weighted by Crippen LogP contribution is -2.01. The minimum atomic E-state index is 0.797. The lowest BCUT2D eigenvalue weighted by molar-refractivity contribution is 0.415. The minimum Gasteiger partial charge on any atom is -0.497 e. The zero-order valence-corrected chi connectivity index (χ0v) is 15.0. The van der Waals surface area contributed by atoms with Crippen LogP contribution in [0.15, 0.2) is 48.5 Å². The number of aromatic nitrogens is 4. The van der Waals surface area contributed by atoms with Gasteiger partial charge in [-0.3, -0.25) is 0 Å². The van der Waals surface area contributed by atoms with E-state index in [9.17, 15) is 0 Å². The Morgan fingerprint density at radius 1 is 1.00 bits per heavy atom. The van der Waals surface area contributed by atoms with Crippen molar-refractivity contribution >= 4 is 28.2 Å². The standard InChI is InChI=1S/C19H18N4OS/c1-3-25-12-17-20-21-19-16-7-5-4-6-15(16)18(22-23(17)19)13-8-10-14(24-2)11-9-13/h4-11H,3,12H2,1-2H3. The molecule has 0 radical (unpaired) electrons. The normalized spacial score (nSPS) is 11.3. The van der Waals surface area contributed by atoms with Gasteiger partial charge in [-0.05, 0) is 30.0 Å². The van der Waals surface area contributed by atoms with Gasteiger partial charge in [0.1, 0.15) is 5.75 Å². The molecular weight excluding hydrogens is 332 g/mol. The van der Waals surface area contributed by atoms with E-state index < -0.39 is 0 Å². The SMILES string of the molecule is CCSCc1nnc2c3ccccc3c(-c3ccc(OC)cc3)nn12. The molecule has 0 spiro atoms. The number of benzene rings is 2. The van der Waals surface area contributed by atoms with E-state index >= 15 is 0 Å². The van der Waals surface area contributed by atoms with Crippen LogP contribution >= 0.6 is 11.8 Å². The van der Waals surface area contributed by atoms with Crippen LogP contribution in [0.2, 0.25) is 0 Å². The molecule has 2 heterocycles. The summed E-state index contributed by atoms with van der Waals surface area (Å²) in [5.74, 6) is 3.54. The topological polar surface area (TPSA) is 52.3 Å². The number of fused-ring (bicyclic) bond motifs is 3. The Kier molecular flexibility index (Phi) is 4.28. The summed E-state index contributed by atoms with van der Waals surface area (Å²) in [5, 5.41) is 15.7. The number of hydrogen-bond acceptors (Lipinski definition) is 5. The maximum Gasteiger partial charge on any atom is 0.185 e. The zero-order valence-electron chi connectivity index (χ0n) is 14.1. The second-order valence-corrected chi connectivity index (χ2v) is 6.89. The highest BCUT2D eigenvalue weighted by atomic mass is 32.2. The predicted octanol–water partition coefficient (Wildman–Crippen LogP) is 4.21. The summed E-state index contributed by atoms with van der Waals surface area (Å²) in [6.07, 6.45) is 0. The maximum absolute atomic E-state index is 5.27. The lowest BCUT2D eigenvalue weighted by Gasteiger charge is -2.09. The molecule has 4 aromatic rings. The van der Waals surface area contributed by atoms with Crippen LogP contribution in [0, 0.1) is 0 Å². The first-order valence-electron chi connectivity index (χ1n) is 8.17. The quantitative estimate of drug-likeness (QED) is 0.540. The van der Waals surface area contributed by atoms with Crippen molar-refractivity contribution in [2.75, 3.05) is 12.9 Å². The van der Waals surface area contributed by atoms with Crippen molar-refractivity contribution in [3.63, 3.8) is 0 Å². The van der Waals surface area contributed by atoms with E-state index in [2.05, 4.69) is 29.3 Å². The predicted molar refractivity (Wildman–Crippen MR) is 102 cm³/mol. The molecule has 0 unspecified atom stereocenters. The van der Waals surface area contributed by atoms with Crippen LogP contribution in [-0.4, -0.2) is 32.7 Å². The van der Waals surface area contributed by atoms with Gasteiger partial charge >= 0.3 is 0 Å². The van der Waals surface area contributed by atoms with Gasteiger partial charge in [-0.15, -0.1) is 10.2 Å². The first-order chi connectivity index (χ1) is 12.3. The fourth-order valence-electron chi connectivity index (χ4n) is 2.87. The minimum absolute atomic E-state index is 0.797. The van der Waals surface area contributed by atoms with Crippen LogP contribution in [0.25, 0.3) is 27.7 Å². The molecule has 4 rings (SSSR count). The molecule has 126 valence electrons. The average molecular weight is 350 g/mol. The lowest BCUT2D eigenvalue weighted by atomic mass is 10.0. The molecular formula is C19H18N4OS. The Hall–Kier alpha value is -2.60. The summed E-state index contributed by atoms with van der Waals surface area (Å²) >= 11 is 1.81. The van der Waals surface area contributed by atoms with Gasteiger partial charge in [0.25, 0.3) is 0 Å². The third kappa shape index (κ3) is 2.82. The van der Waals surface area contributed by atoms with Crippen molar-refractivity contribution in [2.45, 2.75) is 12.7 Å². The van der Waals surface area contributed by atoms with Crippen LogP contribution < -0.4 is 4.74 Å². The number of hydrogen-bond donors (Lipinski definition) is 0. The monoisotopic (exact) mass is 350 g/mol. The van der Waals surface area contributed by atoms with E-state index in [1.54, 1.807) is 7.11 Å². The molecule has 0 fully saturated rings. The fraction of sp³-hybridized carbons (Fsp3) is 0.211. The zero-order chi connectivity index (χ0) is 17.2. The van der Waals surface area contributed by atoms with Crippen molar-refractivity contribution < 1.29 is 4.74 Å². The summed E-state index contributed by atoms with van der Waals surface area (Å²) in [6, 6.07) is 16.2. The van der Waals surface area contributed by atoms with Gasteiger partial charge in [0.05, 0.1) is 18.6 Å². The van der Waals surface area contributed by atoms with Crippen molar-refractivity contribution in [3.05, 3.63) is 54.4 Å². The van der Waals surface area contributed by atoms with Crippen molar-refractivity contribution in [3.8, 4) is 17.0 Å². The van der Waals surface area contributed by atoms with Gasteiger partial charge in [-0.1, -0.05) is 31.2 Å². The second kappa shape index (κ2) is 6.72. The van der Waals surface area contributed by atoms with Crippen molar-refractivity contribution in [1.29, 1.82) is 0 Å². The smallest absolute Gasteiger partial charge is 0.185 e. The highest BCUT2D eigenvalue weighted by molar-refractivity contribution is 7.98.